The average molecular weight is 488 g/mol. The number of aromatic nitrogens is 4. The predicted molar refractivity (Wildman–Crippen MR) is 141 cm³/mol. The molecule has 0 spiro atoms. The summed E-state index contributed by atoms with van der Waals surface area (Å²) in [6.07, 6.45) is 8.93. The van der Waals surface area contributed by atoms with Crippen LogP contribution in [0.25, 0.3) is 22.3 Å². The third-order valence-electron chi connectivity index (χ3n) is 6.65. The molecule has 8 heteroatoms. The van der Waals surface area contributed by atoms with Crippen LogP contribution in [-0.2, 0) is 11.3 Å². The molecular formula is C28H33N5O3. The molecular weight excluding hydrogens is 454 g/mol. The molecule has 2 aromatic carbocycles. The maximum atomic E-state index is 5.50. The van der Waals surface area contributed by atoms with Gasteiger partial charge in [-0.15, -0.1) is 0 Å². The molecule has 3 heterocycles. The van der Waals surface area contributed by atoms with Crippen LogP contribution < -0.4 is 14.4 Å². The molecule has 1 saturated heterocycles. The Morgan fingerprint density at radius 1 is 0.972 bits per heavy atom. The summed E-state index contributed by atoms with van der Waals surface area (Å²) in [6.45, 7) is 5.60. The van der Waals surface area contributed by atoms with Crippen molar-refractivity contribution in [3.63, 3.8) is 0 Å². The van der Waals surface area contributed by atoms with Gasteiger partial charge in [0, 0.05) is 67.6 Å². The number of hydrogen-bond acceptors (Lipinski definition) is 7. The van der Waals surface area contributed by atoms with Crippen LogP contribution in [0.3, 0.4) is 0 Å². The highest BCUT2D eigenvalue weighted by Gasteiger charge is 2.16. The molecule has 0 bridgehead atoms. The van der Waals surface area contributed by atoms with E-state index in [4.69, 9.17) is 19.2 Å². The first-order valence-electron chi connectivity index (χ1n) is 12.5. The molecule has 1 aliphatic rings. The SMILES string of the molecule is CCCN(c1cc(OC)cc(OC)c1)c1ccc2ncc(-c3cnn(CC4CCOCC4)c3)nc2c1. The zero-order valence-corrected chi connectivity index (χ0v) is 21.2. The van der Waals surface area contributed by atoms with E-state index in [9.17, 15) is 0 Å². The zero-order chi connectivity index (χ0) is 24.9. The minimum Gasteiger partial charge on any atom is -0.497 e. The van der Waals surface area contributed by atoms with E-state index in [0.29, 0.717) is 5.92 Å². The van der Waals surface area contributed by atoms with Gasteiger partial charge in [0.2, 0.25) is 0 Å². The maximum Gasteiger partial charge on any atom is 0.124 e. The van der Waals surface area contributed by atoms with Crippen LogP contribution in [0, 0.1) is 5.92 Å². The monoisotopic (exact) mass is 487 g/mol. The second-order valence-electron chi connectivity index (χ2n) is 9.16. The first-order valence-corrected chi connectivity index (χ1v) is 12.5. The number of nitrogens with zero attached hydrogens (tertiary/aromatic N) is 5. The van der Waals surface area contributed by atoms with Crippen LogP contribution in [-0.4, -0.2) is 53.7 Å². The van der Waals surface area contributed by atoms with Crippen molar-refractivity contribution in [1.29, 1.82) is 0 Å². The van der Waals surface area contributed by atoms with Crippen molar-refractivity contribution >= 4 is 22.4 Å². The van der Waals surface area contributed by atoms with Gasteiger partial charge in [0.25, 0.3) is 0 Å². The first-order chi connectivity index (χ1) is 17.7. The summed E-state index contributed by atoms with van der Waals surface area (Å²) < 4.78 is 18.5. The van der Waals surface area contributed by atoms with E-state index in [1.807, 2.05) is 41.3 Å². The Kier molecular flexibility index (Phi) is 7.32. The number of methoxy groups -OCH3 is 2. The Hall–Kier alpha value is -3.65. The molecule has 2 aromatic heterocycles. The molecule has 0 saturated carbocycles. The average Bonchev–Trinajstić information content (AvgIpc) is 3.39. The second kappa shape index (κ2) is 11.0. The molecule has 0 N–H and O–H groups in total. The molecule has 1 fully saturated rings. The van der Waals surface area contributed by atoms with Crippen molar-refractivity contribution in [2.45, 2.75) is 32.7 Å². The number of anilines is 2. The lowest BCUT2D eigenvalue weighted by Crippen LogP contribution is -2.20. The minimum atomic E-state index is 0.608. The molecule has 4 aromatic rings. The van der Waals surface area contributed by atoms with Crippen molar-refractivity contribution in [1.82, 2.24) is 19.7 Å². The van der Waals surface area contributed by atoms with Gasteiger partial charge in [-0.3, -0.25) is 9.67 Å². The molecule has 0 amide bonds. The van der Waals surface area contributed by atoms with Crippen molar-refractivity contribution in [2.75, 3.05) is 38.9 Å². The molecule has 1 aliphatic heterocycles. The minimum absolute atomic E-state index is 0.608. The van der Waals surface area contributed by atoms with Gasteiger partial charge in [-0.05, 0) is 43.4 Å². The summed E-state index contributed by atoms with van der Waals surface area (Å²) in [5.41, 5.74) is 5.55. The Morgan fingerprint density at radius 3 is 2.47 bits per heavy atom. The third-order valence-corrected chi connectivity index (χ3v) is 6.65. The van der Waals surface area contributed by atoms with E-state index >= 15 is 0 Å². The Balaban J connectivity index is 1.44. The fraction of sp³-hybridized carbons (Fsp3) is 0.393. The summed E-state index contributed by atoms with van der Waals surface area (Å²) in [5.74, 6) is 2.12. The summed E-state index contributed by atoms with van der Waals surface area (Å²) in [6, 6.07) is 12.1. The predicted octanol–water partition coefficient (Wildman–Crippen LogP) is 5.49. The van der Waals surface area contributed by atoms with Gasteiger partial charge in [-0.1, -0.05) is 6.92 Å². The summed E-state index contributed by atoms with van der Waals surface area (Å²) in [5, 5.41) is 4.59. The molecule has 0 aliphatic carbocycles. The van der Waals surface area contributed by atoms with E-state index < -0.39 is 0 Å². The number of rotatable bonds is 9. The fourth-order valence-corrected chi connectivity index (χ4v) is 4.68. The van der Waals surface area contributed by atoms with E-state index in [1.54, 1.807) is 14.2 Å². The smallest absolute Gasteiger partial charge is 0.124 e. The summed E-state index contributed by atoms with van der Waals surface area (Å²) in [7, 11) is 3.34. The Labute approximate surface area is 211 Å². The lowest BCUT2D eigenvalue weighted by atomic mass is 10.0. The second-order valence-corrected chi connectivity index (χ2v) is 9.16. The molecule has 0 atom stereocenters. The highest BCUT2D eigenvalue weighted by molar-refractivity contribution is 5.82. The van der Waals surface area contributed by atoms with Crippen LogP contribution in [0.15, 0.2) is 55.0 Å². The van der Waals surface area contributed by atoms with Crippen LogP contribution in [0.1, 0.15) is 26.2 Å². The van der Waals surface area contributed by atoms with Crippen LogP contribution in [0.4, 0.5) is 11.4 Å². The van der Waals surface area contributed by atoms with Crippen LogP contribution >= 0.6 is 0 Å². The summed E-state index contributed by atoms with van der Waals surface area (Å²) >= 11 is 0. The van der Waals surface area contributed by atoms with E-state index in [2.05, 4.69) is 40.2 Å². The Morgan fingerprint density at radius 2 is 1.75 bits per heavy atom. The van der Waals surface area contributed by atoms with Gasteiger partial charge in [-0.2, -0.15) is 5.10 Å². The topological polar surface area (TPSA) is 74.5 Å². The largest absolute Gasteiger partial charge is 0.497 e. The van der Waals surface area contributed by atoms with Crippen LogP contribution in [0.2, 0.25) is 0 Å². The Bertz CT molecular complexity index is 1290. The van der Waals surface area contributed by atoms with Crippen molar-refractivity contribution in [3.05, 3.63) is 55.0 Å². The van der Waals surface area contributed by atoms with Gasteiger partial charge in [-0.25, -0.2) is 4.98 Å². The van der Waals surface area contributed by atoms with E-state index in [1.165, 1.54) is 0 Å². The first kappa shape index (κ1) is 24.1. The molecule has 8 nitrogen and oxygen atoms in total. The quantitative estimate of drug-likeness (QED) is 0.309. The number of hydrogen-bond donors (Lipinski definition) is 0. The normalized spacial score (nSPS) is 14.2. The molecule has 36 heavy (non-hydrogen) atoms. The molecule has 5 rings (SSSR count). The number of ether oxygens (including phenoxy) is 3. The van der Waals surface area contributed by atoms with Crippen molar-refractivity contribution in [2.24, 2.45) is 5.92 Å². The highest BCUT2D eigenvalue weighted by Crippen LogP contribution is 2.34. The van der Waals surface area contributed by atoms with Gasteiger partial charge in [0.15, 0.2) is 0 Å². The number of fused-ring (bicyclic) bond motifs is 1. The van der Waals surface area contributed by atoms with Crippen LogP contribution in [0.5, 0.6) is 11.5 Å². The molecule has 188 valence electrons. The lowest BCUT2D eigenvalue weighted by Gasteiger charge is -2.25. The number of benzene rings is 2. The van der Waals surface area contributed by atoms with E-state index in [-0.39, 0.29) is 0 Å². The van der Waals surface area contributed by atoms with Crippen molar-refractivity contribution in [3.8, 4) is 22.8 Å². The van der Waals surface area contributed by atoms with Crippen molar-refractivity contribution < 1.29 is 14.2 Å². The fourth-order valence-electron chi connectivity index (χ4n) is 4.68. The van der Waals surface area contributed by atoms with E-state index in [0.717, 1.165) is 90.7 Å². The summed E-state index contributed by atoms with van der Waals surface area (Å²) in [4.78, 5) is 11.9. The van der Waals surface area contributed by atoms with Gasteiger partial charge in [0.05, 0.1) is 43.3 Å². The maximum absolute atomic E-state index is 5.50. The zero-order valence-electron chi connectivity index (χ0n) is 21.2. The van der Waals surface area contributed by atoms with Gasteiger partial charge >= 0.3 is 0 Å². The molecule has 0 radical (unpaired) electrons. The third kappa shape index (κ3) is 5.28. The lowest BCUT2D eigenvalue weighted by molar-refractivity contribution is 0.0601. The standard InChI is InChI=1S/C28H33N5O3/c1-4-9-33(23-12-24(34-2)15-25(13-23)35-3)22-5-6-26-27(14-22)31-28(17-29-26)21-16-30-32(19-21)18-20-7-10-36-11-8-20/h5-6,12-17,19-20H,4,7-11,18H2,1-3H3. The van der Waals surface area contributed by atoms with Gasteiger partial charge in [0.1, 0.15) is 11.5 Å². The highest BCUT2D eigenvalue weighted by atomic mass is 16.5. The molecule has 0 unspecified atom stereocenters. The van der Waals surface area contributed by atoms with Gasteiger partial charge < -0.3 is 19.1 Å².